The molecule has 100 valence electrons. The molecule has 0 radical (unpaired) electrons. The minimum absolute atomic E-state index is 0.00681. The van der Waals surface area contributed by atoms with Gasteiger partial charge in [-0.05, 0) is 36.0 Å². The Bertz CT molecular complexity index is 433. The maximum atomic E-state index is 12.1. The Hall–Kier alpha value is -1.02. The summed E-state index contributed by atoms with van der Waals surface area (Å²) in [5, 5.41) is 10.1. The second-order valence-corrected chi connectivity index (χ2v) is 6.60. The summed E-state index contributed by atoms with van der Waals surface area (Å²) in [5.74, 6) is 0.245. The van der Waals surface area contributed by atoms with Gasteiger partial charge in [0.05, 0.1) is 5.56 Å². The van der Waals surface area contributed by atoms with Gasteiger partial charge in [-0.25, -0.2) is 0 Å². The van der Waals surface area contributed by atoms with Crippen molar-refractivity contribution in [3.05, 3.63) is 28.8 Å². The first kappa shape index (κ1) is 15.0. The summed E-state index contributed by atoms with van der Waals surface area (Å²) >= 11 is 5.84. The number of phenols is 1. The van der Waals surface area contributed by atoms with Crippen LogP contribution < -0.4 is 0 Å². The van der Waals surface area contributed by atoms with Crippen LogP contribution in [0, 0.1) is 11.3 Å². The zero-order valence-electron chi connectivity index (χ0n) is 11.5. The molecule has 0 aliphatic rings. The van der Waals surface area contributed by atoms with Crippen molar-refractivity contribution in [3.8, 4) is 5.75 Å². The Kier molecular flexibility index (Phi) is 4.80. The number of halogens is 1. The van der Waals surface area contributed by atoms with E-state index < -0.39 is 0 Å². The molecular weight excluding hydrogens is 248 g/mol. The standard InChI is InChI=1S/C15H21ClO2/c1-10(9-15(2,3)4)7-14(18)12-8-11(16)5-6-13(12)17/h5-6,8,10,17H,7,9H2,1-4H3/t10-/m1/s1. The van der Waals surface area contributed by atoms with Crippen molar-refractivity contribution in [2.75, 3.05) is 0 Å². The van der Waals surface area contributed by atoms with E-state index >= 15 is 0 Å². The lowest BCUT2D eigenvalue weighted by molar-refractivity contribution is 0.0951. The molecule has 0 aliphatic heterocycles. The number of carbonyl (C=O) groups is 1. The Morgan fingerprint density at radius 1 is 1.39 bits per heavy atom. The third kappa shape index (κ3) is 4.69. The number of hydrogen-bond acceptors (Lipinski definition) is 2. The first-order valence-corrected chi connectivity index (χ1v) is 6.58. The van der Waals surface area contributed by atoms with Gasteiger partial charge >= 0.3 is 0 Å². The van der Waals surface area contributed by atoms with Crippen LogP contribution in [-0.4, -0.2) is 10.9 Å². The van der Waals surface area contributed by atoms with Crippen LogP contribution in [0.3, 0.4) is 0 Å². The summed E-state index contributed by atoms with van der Waals surface area (Å²) in [6.07, 6.45) is 1.41. The molecule has 1 aromatic carbocycles. The van der Waals surface area contributed by atoms with Crippen molar-refractivity contribution in [1.29, 1.82) is 0 Å². The van der Waals surface area contributed by atoms with Crippen molar-refractivity contribution in [1.82, 2.24) is 0 Å². The highest BCUT2D eigenvalue weighted by Gasteiger charge is 2.20. The predicted molar refractivity (Wildman–Crippen MR) is 75.3 cm³/mol. The van der Waals surface area contributed by atoms with Gasteiger partial charge < -0.3 is 5.11 Å². The lowest BCUT2D eigenvalue weighted by atomic mass is 9.83. The van der Waals surface area contributed by atoms with Crippen LogP contribution in [0.2, 0.25) is 5.02 Å². The van der Waals surface area contributed by atoms with Crippen LogP contribution in [-0.2, 0) is 0 Å². The Labute approximate surface area is 114 Å². The molecule has 0 saturated carbocycles. The highest BCUT2D eigenvalue weighted by atomic mass is 35.5. The third-order valence-corrected chi connectivity index (χ3v) is 2.99. The first-order chi connectivity index (χ1) is 8.19. The Morgan fingerprint density at radius 3 is 2.56 bits per heavy atom. The van der Waals surface area contributed by atoms with E-state index in [1.54, 1.807) is 6.07 Å². The van der Waals surface area contributed by atoms with Gasteiger partial charge in [0.25, 0.3) is 0 Å². The molecule has 18 heavy (non-hydrogen) atoms. The van der Waals surface area contributed by atoms with E-state index in [1.807, 2.05) is 0 Å². The smallest absolute Gasteiger partial charge is 0.166 e. The summed E-state index contributed by atoms with van der Waals surface area (Å²) < 4.78 is 0. The van der Waals surface area contributed by atoms with Crippen LogP contribution in [0.4, 0.5) is 0 Å². The summed E-state index contributed by atoms with van der Waals surface area (Å²) in [5.41, 5.74) is 0.527. The van der Waals surface area contributed by atoms with E-state index in [9.17, 15) is 9.90 Å². The maximum Gasteiger partial charge on any atom is 0.166 e. The van der Waals surface area contributed by atoms with Gasteiger partial charge in [-0.15, -0.1) is 0 Å². The zero-order chi connectivity index (χ0) is 13.9. The molecule has 0 aliphatic carbocycles. The van der Waals surface area contributed by atoms with Crippen LogP contribution in [0.5, 0.6) is 5.75 Å². The molecule has 0 spiro atoms. The molecule has 0 heterocycles. The second kappa shape index (κ2) is 5.75. The fourth-order valence-electron chi connectivity index (χ4n) is 2.28. The quantitative estimate of drug-likeness (QED) is 0.805. The normalized spacial score (nSPS) is 13.4. The molecule has 1 aromatic rings. The van der Waals surface area contributed by atoms with E-state index in [1.165, 1.54) is 12.1 Å². The second-order valence-electron chi connectivity index (χ2n) is 6.16. The molecule has 0 aromatic heterocycles. The van der Waals surface area contributed by atoms with Gasteiger partial charge in [0.1, 0.15) is 5.75 Å². The van der Waals surface area contributed by atoms with Crippen LogP contribution >= 0.6 is 11.6 Å². The predicted octanol–water partition coefficient (Wildman–Crippen LogP) is 4.69. The van der Waals surface area contributed by atoms with Crippen molar-refractivity contribution in [2.45, 2.75) is 40.5 Å². The maximum absolute atomic E-state index is 12.1. The summed E-state index contributed by atoms with van der Waals surface area (Å²) in [4.78, 5) is 12.1. The highest BCUT2D eigenvalue weighted by Crippen LogP contribution is 2.29. The van der Waals surface area contributed by atoms with Gasteiger partial charge in [0, 0.05) is 11.4 Å². The molecule has 3 heteroatoms. The van der Waals surface area contributed by atoms with E-state index in [0.717, 1.165) is 6.42 Å². The topological polar surface area (TPSA) is 37.3 Å². The van der Waals surface area contributed by atoms with Gasteiger partial charge in [-0.1, -0.05) is 39.3 Å². The number of rotatable bonds is 4. The molecule has 0 bridgehead atoms. The number of Topliss-reactive ketones (excluding diaryl/α,β-unsaturated/α-hetero) is 1. The third-order valence-electron chi connectivity index (χ3n) is 2.75. The van der Waals surface area contributed by atoms with Crippen molar-refractivity contribution in [2.24, 2.45) is 11.3 Å². The zero-order valence-corrected chi connectivity index (χ0v) is 12.2. The SMILES string of the molecule is C[C@H](CC(=O)c1cc(Cl)ccc1O)CC(C)(C)C. The minimum Gasteiger partial charge on any atom is -0.507 e. The molecular formula is C15H21ClO2. The van der Waals surface area contributed by atoms with Gasteiger partial charge in [-0.3, -0.25) is 4.79 Å². The van der Waals surface area contributed by atoms with Crippen LogP contribution in [0.15, 0.2) is 18.2 Å². The number of phenolic OH excluding ortho intramolecular Hbond substituents is 1. The fraction of sp³-hybridized carbons (Fsp3) is 0.533. The summed E-state index contributed by atoms with van der Waals surface area (Å²) in [6.45, 7) is 8.53. The molecule has 1 N–H and O–H groups in total. The molecule has 2 nitrogen and oxygen atoms in total. The van der Waals surface area contributed by atoms with E-state index in [-0.39, 0.29) is 22.9 Å². The average Bonchev–Trinajstić information content (AvgIpc) is 2.18. The number of carbonyl (C=O) groups excluding carboxylic acids is 1. The number of hydrogen-bond donors (Lipinski definition) is 1. The largest absolute Gasteiger partial charge is 0.507 e. The lowest BCUT2D eigenvalue weighted by Gasteiger charge is -2.22. The van der Waals surface area contributed by atoms with Crippen LogP contribution in [0.25, 0.3) is 0 Å². The average molecular weight is 269 g/mol. The van der Waals surface area contributed by atoms with Gasteiger partial charge in [0.2, 0.25) is 0 Å². The highest BCUT2D eigenvalue weighted by molar-refractivity contribution is 6.31. The molecule has 0 amide bonds. The monoisotopic (exact) mass is 268 g/mol. The van der Waals surface area contributed by atoms with E-state index in [2.05, 4.69) is 27.7 Å². The van der Waals surface area contributed by atoms with Gasteiger partial charge in [-0.2, -0.15) is 0 Å². The van der Waals surface area contributed by atoms with Crippen molar-refractivity contribution in [3.63, 3.8) is 0 Å². The Morgan fingerprint density at radius 2 is 2.00 bits per heavy atom. The number of aromatic hydroxyl groups is 1. The number of benzene rings is 1. The lowest BCUT2D eigenvalue weighted by Crippen LogP contribution is -2.14. The van der Waals surface area contributed by atoms with E-state index in [0.29, 0.717) is 17.0 Å². The molecule has 1 rings (SSSR count). The number of ketones is 1. The Balaban J connectivity index is 2.74. The molecule has 0 saturated heterocycles. The van der Waals surface area contributed by atoms with Crippen LogP contribution in [0.1, 0.15) is 50.9 Å². The first-order valence-electron chi connectivity index (χ1n) is 6.21. The molecule has 0 fully saturated rings. The summed E-state index contributed by atoms with van der Waals surface area (Å²) in [6, 6.07) is 4.57. The fourth-order valence-corrected chi connectivity index (χ4v) is 2.45. The van der Waals surface area contributed by atoms with Crippen molar-refractivity contribution < 1.29 is 9.90 Å². The molecule has 0 unspecified atom stereocenters. The van der Waals surface area contributed by atoms with Gasteiger partial charge in [0.15, 0.2) is 5.78 Å². The molecule has 1 atom stereocenters. The van der Waals surface area contributed by atoms with Crippen molar-refractivity contribution >= 4 is 17.4 Å². The van der Waals surface area contributed by atoms with E-state index in [4.69, 9.17) is 11.6 Å². The minimum atomic E-state index is -0.0493. The summed E-state index contributed by atoms with van der Waals surface area (Å²) in [7, 11) is 0.